The van der Waals surface area contributed by atoms with Crippen molar-refractivity contribution in [2.45, 2.75) is 36.3 Å². The van der Waals surface area contributed by atoms with Crippen molar-refractivity contribution in [2.24, 2.45) is 5.73 Å². The first kappa shape index (κ1) is 13.9. The molecule has 0 aliphatic heterocycles. The Kier molecular flexibility index (Phi) is 3.96. The lowest BCUT2D eigenvalue weighted by molar-refractivity contribution is 0.625. The number of thioether (sulfide) groups is 1. The number of nitrogens with two attached hydrogens (primary N) is 1. The van der Waals surface area contributed by atoms with Crippen LogP contribution in [0.5, 0.6) is 0 Å². The van der Waals surface area contributed by atoms with Gasteiger partial charge in [-0.2, -0.15) is 0 Å². The second kappa shape index (κ2) is 5.71. The Morgan fingerprint density at radius 2 is 2.20 bits per heavy atom. The van der Waals surface area contributed by atoms with E-state index in [0.29, 0.717) is 18.3 Å². The van der Waals surface area contributed by atoms with E-state index in [4.69, 9.17) is 17.3 Å². The highest BCUT2D eigenvalue weighted by atomic mass is 35.5. The summed E-state index contributed by atoms with van der Waals surface area (Å²) in [6.45, 7) is 0.380. The fourth-order valence-corrected chi connectivity index (χ4v) is 3.34. The zero-order valence-corrected chi connectivity index (χ0v) is 12.3. The first-order valence-corrected chi connectivity index (χ1v) is 7.76. The summed E-state index contributed by atoms with van der Waals surface area (Å²) in [5.74, 6) is 0.975. The summed E-state index contributed by atoms with van der Waals surface area (Å²) < 4.78 is 15.5. The lowest BCUT2D eigenvalue weighted by Gasteiger charge is -2.08. The molecule has 106 valence electrons. The third-order valence-corrected chi connectivity index (χ3v) is 4.63. The van der Waals surface area contributed by atoms with Gasteiger partial charge in [0, 0.05) is 11.8 Å². The number of rotatable bonds is 5. The Bertz CT molecular complexity index is 627. The van der Waals surface area contributed by atoms with E-state index in [1.54, 1.807) is 6.07 Å². The van der Waals surface area contributed by atoms with Gasteiger partial charge in [-0.25, -0.2) is 4.39 Å². The van der Waals surface area contributed by atoms with Gasteiger partial charge in [0.15, 0.2) is 5.16 Å². The predicted octanol–water partition coefficient (Wildman–Crippen LogP) is 3.16. The third kappa shape index (κ3) is 2.68. The third-order valence-electron chi connectivity index (χ3n) is 3.22. The van der Waals surface area contributed by atoms with Crippen molar-refractivity contribution in [1.82, 2.24) is 14.8 Å². The molecule has 0 saturated heterocycles. The van der Waals surface area contributed by atoms with Gasteiger partial charge in [0.1, 0.15) is 11.6 Å². The summed E-state index contributed by atoms with van der Waals surface area (Å²) in [6.07, 6.45) is 2.28. The van der Waals surface area contributed by atoms with Crippen LogP contribution < -0.4 is 5.73 Å². The summed E-state index contributed by atoms with van der Waals surface area (Å²) in [5, 5.41) is 9.29. The largest absolute Gasteiger partial charge is 0.324 e. The van der Waals surface area contributed by atoms with Crippen molar-refractivity contribution in [2.75, 3.05) is 0 Å². The molecule has 20 heavy (non-hydrogen) atoms. The number of aromatic nitrogens is 3. The predicted molar refractivity (Wildman–Crippen MR) is 77.2 cm³/mol. The Morgan fingerprint density at radius 3 is 2.90 bits per heavy atom. The molecule has 1 fully saturated rings. The van der Waals surface area contributed by atoms with Crippen LogP contribution in [0.1, 0.15) is 30.3 Å². The molecule has 0 unspecified atom stereocenters. The molecule has 2 N–H and O–H groups in total. The molecule has 4 nitrogen and oxygen atoms in total. The highest BCUT2D eigenvalue weighted by Crippen LogP contribution is 2.39. The fraction of sp³-hybridized carbons (Fsp3) is 0.385. The van der Waals surface area contributed by atoms with Crippen LogP contribution in [0.15, 0.2) is 23.4 Å². The Labute approximate surface area is 125 Å². The average Bonchev–Trinajstić information content (AvgIpc) is 3.21. The minimum absolute atomic E-state index is 0.177. The molecule has 1 heterocycles. The van der Waals surface area contributed by atoms with Gasteiger partial charge >= 0.3 is 0 Å². The average molecular weight is 313 g/mol. The molecule has 3 rings (SSSR count). The standard InChI is InChI=1S/C13H14ClFN4S/c14-12-8(2-1-3-10(12)15)7-20-13-18-17-11(6-16)19(13)9-4-5-9/h1-3,9H,4-7,16H2. The van der Waals surface area contributed by atoms with E-state index in [0.717, 1.165) is 29.4 Å². The van der Waals surface area contributed by atoms with Crippen molar-refractivity contribution in [3.63, 3.8) is 0 Å². The van der Waals surface area contributed by atoms with E-state index >= 15 is 0 Å². The second-order valence-corrected chi connectivity index (χ2v) is 6.03. The summed E-state index contributed by atoms with van der Waals surface area (Å²) in [6, 6.07) is 5.30. The monoisotopic (exact) mass is 312 g/mol. The van der Waals surface area contributed by atoms with Crippen molar-refractivity contribution >= 4 is 23.4 Å². The van der Waals surface area contributed by atoms with Gasteiger partial charge in [-0.05, 0) is 24.5 Å². The zero-order chi connectivity index (χ0) is 14.1. The molecular weight excluding hydrogens is 299 g/mol. The van der Waals surface area contributed by atoms with Crippen molar-refractivity contribution in [3.8, 4) is 0 Å². The van der Waals surface area contributed by atoms with E-state index in [1.807, 2.05) is 6.07 Å². The maximum atomic E-state index is 13.4. The first-order chi connectivity index (χ1) is 9.70. The zero-order valence-electron chi connectivity index (χ0n) is 10.7. The van der Waals surface area contributed by atoms with Gasteiger partial charge in [-0.15, -0.1) is 10.2 Å². The second-order valence-electron chi connectivity index (χ2n) is 4.71. The van der Waals surface area contributed by atoms with E-state index < -0.39 is 5.82 Å². The van der Waals surface area contributed by atoms with Crippen LogP contribution in [0.3, 0.4) is 0 Å². The van der Waals surface area contributed by atoms with Crippen LogP contribution in [0.2, 0.25) is 5.02 Å². The van der Waals surface area contributed by atoms with Crippen LogP contribution in [0.25, 0.3) is 0 Å². The molecule has 0 spiro atoms. The number of hydrogen-bond donors (Lipinski definition) is 1. The molecule has 1 aromatic heterocycles. The minimum atomic E-state index is -0.393. The molecule has 2 aromatic rings. The van der Waals surface area contributed by atoms with Crippen LogP contribution in [-0.4, -0.2) is 14.8 Å². The van der Waals surface area contributed by atoms with E-state index in [2.05, 4.69) is 14.8 Å². The first-order valence-electron chi connectivity index (χ1n) is 6.40. The molecule has 0 amide bonds. The number of benzene rings is 1. The van der Waals surface area contributed by atoms with Gasteiger partial charge in [-0.3, -0.25) is 0 Å². The Balaban J connectivity index is 1.78. The minimum Gasteiger partial charge on any atom is -0.324 e. The van der Waals surface area contributed by atoms with Crippen LogP contribution in [0.4, 0.5) is 4.39 Å². The molecule has 0 radical (unpaired) electrons. The smallest absolute Gasteiger partial charge is 0.191 e. The van der Waals surface area contributed by atoms with Crippen molar-refractivity contribution in [1.29, 1.82) is 0 Å². The normalized spacial score (nSPS) is 14.8. The molecule has 1 aliphatic carbocycles. The maximum Gasteiger partial charge on any atom is 0.191 e. The summed E-state index contributed by atoms with van der Waals surface area (Å²) in [5.41, 5.74) is 6.44. The van der Waals surface area contributed by atoms with E-state index in [1.165, 1.54) is 17.8 Å². The molecule has 1 saturated carbocycles. The van der Waals surface area contributed by atoms with Crippen molar-refractivity contribution < 1.29 is 4.39 Å². The number of hydrogen-bond acceptors (Lipinski definition) is 4. The van der Waals surface area contributed by atoms with Gasteiger partial charge in [-0.1, -0.05) is 35.5 Å². The summed E-state index contributed by atoms with van der Waals surface area (Å²) in [4.78, 5) is 0. The van der Waals surface area contributed by atoms with E-state index in [9.17, 15) is 4.39 Å². The number of nitrogens with zero attached hydrogens (tertiary/aromatic N) is 3. The molecule has 0 bridgehead atoms. The lowest BCUT2D eigenvalue weighted by atomic mass is 10.2. The quantitative estimate of drug-likeness (QED) is 0.862. The number of halogens is 2. The van der Waals surface area contributed by atoms with Gasteiger partial charge < -0.3 is 10.3 Å². The van der Waals surface area contributed by atoms with Gasteiger partial charge in [0.05, 0.1) is 11.6 Å². The van der Waals surface area contributed by atoms with Crippen LogP contribution in [-0.2, 0) is 12.3 Å². The maximum absolute atomic E-state index is 13.4. The summed E-state index contributed by atoms with van der Waals surface area (Å²) in [7, 11) is 0. The Morgan fingerprint density at radius 1 is 1.40 bits per heavy atom. The Hall–Kier alpha value is -1.11. The van der Waals surface area contributed by atoms with Crippen molar-refractivity contribution in [3.05, 3.63) is 40.4 Å². The summed E-state index contributed by atoms with van der Waals surface area (Å²) >= 11 is 7.47. The molecular formula is C13H14ClFN4S. The van der Waals surface area contributed by atoms with E-state index in [-0.39, 0.29) is 5.02 Å². The molecule has 7 heteroatoms. The molecule has 0 atom stereocenters. The highest BCUT2D eigenvalue weighted by molar-refractivity contribution is 7.98. The molecule has 1 aliphatic rings. The topological polar surface area (TPSA) is 56.7 Å². The highest BCUT2D eigenvalue weighted by Gasteiger charge is 2.29. The fourth-order valence-electron chi connectivity index (χ4n) is 2.05. The molecule has 1 aromatic carbocycles. The van der Waals surface area contributed by atoms with Crippen LogP contribution in [0, 0.1) is 5.82 Å². The SMILES string of the molecule is NCc1nnc(SCc2cccc(F)c2Cl)n1C1CC1. The lowest BCUT2D eigenvalue weighted by Crippen LogP contribution is -2.08. The van der Waals surface area contributed by atoms with Crippen LogP contribution >= 0.6 is 23.4 Å². The van der Waals surface area contributed by atoms with Gasteiger partial charge in [0.2, 0.25) is 0 Å². The van der Waals surface area contributed by atoms with Gasteiger partial charge in [0.25, 0.3) is 0 Å².